The molecule has 0 atom stereocenters. The van der Waals surface area contributed by atoms with Crippen LogP contribution in [0.15, 0.2) is 0 Å². The van der Waals surface area contributed by atoms with Crippen LogP contribution in [0, 0.1) is 0 Å². The molecule has 0 aliphatic heterocycles. The summed E-state index contributed by atoms with van der Waals surface area (Å²) < 4.78 is 6.75. The van der Waals surface area contributed by atoms with Crippen molar-refractivity contribution in [3.05, 3.63) is 0 Å². The average molecular weight is 188 g/mol. The van der Waals surface area contributed by atoms with Gasteiger partial charge in [0, 0.05) is 1.37 Å². The standard InChI is InChI=1S/C4H12N.C3H9S.2CH4.H/c1-5(2,3)4;1-4(2)3;;;/h1-4H3;1-3H3;2*1H4;/q2*+1;;;-1/i;;1T;;1+2. The molecule has 76 valence electrons. The van der Waals surface area contributed by atoms with E-state index in [2.05, 4.69) is 47.0 Å². The van der Waals surface area contributed by atoms with Crippen LogP contribution in [0.3, 0.4) is 0 Å². The summed E-state index contributed by atoms with van der Waals surface area (Å²) in [6, 6.07) is 0. The molecule has 0 unspecified atom stereocenters. The normalized spacial score (nSPS) is 9.36. The molecule has 0 aromatic carbocycles. The topological polar surface area (TPSA) is 0 Å². The molecule has 1 nitrogen and oxygen atoms in total. The molecule has 0 amide bonds. The largest absolute Gasteiger partial charge is 1.00 e. The molecule has 0 aliphatic carbocycles. The summed E-state index contributed by atoms with van der Waals surface area (Å²) >= 11 is 0. The van der Waals surface area contributed by atoms with E-state index in [4.69, 9.17) is 1.37 Å². The molecule has 0 spiro atoms. The summed E-state index contributed by atoms with van der Waals surface area (Å²) in [5.41, 5.74) is 0. The second-order valence-corrected chi connectivity index (χ2v) is 6.36. The van der Waals surface area contributed by atoms with E-state index in [1.165, 1.54) is 7.40 Å². The third-order valence-corrected chi connectivity index (χ3v) is 0. The van der Waals surface area contributed by atoms with Crippen LogP contribution in [0.25, 0.3) is 0 Å². The van der Waals surface area contributed by atoms with Crippen molar-refractivity contribution in [3.8, 4) is 0 Å². The lowest BCUT2D eigenvalue weighted by Crippen LogP contribution is -2.27. The maximum Gasteiger partial charge on any atom is 0.0969 e. The number of quaternary nitrogens is 1. The summed E-state index contributed by atoms with van der Waals surface area (Å²) in [6.07, 6.45) is 6.58. The van der Waals surface area contributed by atoms with Gasteiger partial charge in [-0.3, -0.25) is 0 Å². The van der Waals surface area contributed by atoms with Crippen LogP contribution in [0.2, 0.25) is 0 Å². The fourth-order valence-corrected chi connectivity index (χ4v) is 0. The third kappa shape index (κ3) is 7410. The van der Waals surface area contributed by atoms with Crippen molar-refractivity contribution in [1.29, 1.82) is 0 Å². The van der Waals surface area contributed by atoms with E-state index in [1.54, 1.807) is 0 Å². The van der Waals surface area contributed by atoms with Gasteiger partial charge in [0.15, 0.2) is 0 Å². The van der Waals surface area contributed by atoms with Gasteiger partial charge in [0.05, 0.1) is 47.0 Å². The van der Waals surface area contributed by atoms with Gasteiger partial charge in [-0.15, -0.1) is 0 Å². The van der Waals surface area contributed by atoms with E-state index in [0.29, 0.717) is 10.9 Å². The van der Waals surface area contributed by atoms with Gasteiger partial charge < -0.3 is 5.91 Å². The minimum absolute atomic E-state index is 0. The molecule has 0 radical (unpaired) electrons. The summed E-state index contributed by atoms with van der Waals surface area (Å²) in [4.78, 5) is 0. The van der Waals surface area contributed by atoms with Crippen molar-refractivity contribution in [2.45, 2.75) is 14.8 Å². The van der Waals surface area contributed by atoms with E-state index in [1.807, 2.05) is 0 Å². The van der Waals surface area contributed by atoms with Gasteiger partial charge in [0.25, 0.3) is 0 Å². The Labute approximate surface area is 80.6 Å². The Kier molecular flexibility index (Phi) is 16.3. The maximum atomic E-state index is 5.75. The molecule has 0 heterocycles. The molecule has 0 saturated heterocycles. The van der Waals surface area contributed by atoms with E-state index >= 15 is 0 Å². The predicted molar refractivity (Wildman–Crippen MR) is 63.7 cm³/mol. The fourth-order valence-electron chi connectivity index (χ4n) is 0. The van der Waals surface area contributed by atoms with Crippen molar-refractivity contribution >= 4 is 10.9 Å². The zero-order chi connectivity index (χ0) is 10.1. The van der Waals surface area contributed by atoms with Crippen molar-refractivity contribution < 1.29 is 7.28 Å². The first-order valence-corrected chi connectivity index (χ1v) is 5.46. The van der Waals surface area contributed by atoms with Crippen LogP contribution in [0.5, 0.6) is 0 Å². The van der Waals surface area contributed by atoms with Gasteiger partial charge in [0.2, 0.25) is 0 Å². The molecule has 0 rings (SSSR count). The minimum atomic E-state index is 0. The zero-order valence-electron chi connectivity index (χ0n) is 10.9. The first kappa shape index (κ1) is 17.4. The summed E-state index contributed by atoms with van der Waals surface area (Å²) in [7, 11) is 10.4. The Morgan fingerprint density at radius 1 is 1.00 bits per heavy atom. The van der Waals surface area contributed by atoms with Crippen LogP contribution in [0.4, 0.5) is 0 Å². The second-order valence-electron chi connectivity index (χ2n) is 3.91. The van der Waals surface area contributed by atoms with E-state index in [9.17, 15) is 0 Å². The molecule has 2 heteroatoms. The Morgan fingerprint density at radius 3 is 1.00 bits per heavy atom. The van der Waals surface area contributed by atoms with Gasteiger partial charge in [0.1, 0.15) is 0 Å². The lowest BCUT2D eigenvalue weighted by Gasteiger charge is -2.14. The Morgan fingerprint density at radius 2 is 1.00 bits per heavy atom. The molecule has 0 fully saturated rings. The van der Waals surface area contributed by atoms with E-state index in [-0.39, 0.29) is 8.85 Å². The quantitative estimate of drug-likeness (QED) is 0.404. The first-order chi connectivity index (χ1) is 4.73. The Bertz CT molecular complexity index is 54.4. The first-order valence-electron chi connectivity index (χ1n) is 4.01. The van der Waals surface area contributed by atoms with Crippen LogP contribution in [-0.4, -0.2) is 51.4 Å². The average Bonchev–Trinajstić information content (AvgIpc) is 1.63. The lowest BCUT2D eigenvalue weighted by atomic mass is 10.8. The second kappa shape index (κ2) is 10.3. The van der Waals surface area contributed by atoms with E-state index in [0.717, 1.165) is 4.48 Å². The molecule has 0 N–H and O–H groups in total. The van der Waals surface area contributed by atoms with Crippen LogP contribution in [0.1, 0.15) is 17.6 Å². The van der Waals surface area contributed by atoms with Crippen LogP contribution >= 0.6 is 0 Å². The molecule has 0 saturated carbocycles. The monoisotopic (exact) mass is 188 g/mol. The predicted octanol–water partition coefficient (Wildman–Crippen LogP) is 2.20. The number of nitrogens with zero attached hydrogens (tertiary/aromatic N) is 1. The van der Waals surface area contributed by atoms with Crippen molar-refractivity contribution in [1.82, 2.24) is 0 Å². The highest BCUT2D eigenvalue weighted by Crippen LogP contribution is 1.73. The molecular formula is C9H30NS+. The maximum absolute atomic E-state index is 5.75. The van der Waals surface area contributed by atoms with Crippen LogP contribution < -0.4 is 0 Å². The van der Waals surface area contributed by atoms with Crippen molar-refractivity contribution in [3.63, 3.8) is 0 Å². The molecule has 0 bridgehead atoms. The Hall–Kier alpha value is 0.310. The van der Waals surface area contributed by atoms with Gasteiger partial charge in [-0.25, -0.2) is 0 Å². The number of rotatable bonds is 0. The number of hydrogen-bond acceptors (Lipinski definition) is 0. The lowest BCUT2D eigenvalue weighted by molar-refractivity contribution is -0.849. The minimum Gasteiger partial charge on any atom is -1.00 e. The highest BCUT2D eigenvalue weighted by molar-refractivity contribution is 7.94. The van der Waals surface area contributed by atoms with Crippen molar-refractivity contribution in [2.24, 2.45) is 0 Å². The van der Waals surface area contributed by atoms with Gasteiger partial charge in [-0.1, -0.05) is 14.8 Å². The number of hydrogen-bond donors (Lipinski definition) is 0. The molecular weight excluding hydrogens is 154 g/mol. The SMILES string of the molecule is C.C[N+](C)(C)C.C[S+](C)C.[3H-].[3H]C. The highest BCUT2D eigenvalue weighted by Gasteiger charge is 1.88. The smallest absolute Gasteiger partial charge is 0.0969 e. The van der Waals surface area contributed by atoms with Gasteiger partial charge >= 0.3 is 0 Å². The molecule has 0 aliphatic rings. The zero-order valence-corrected chi connectivity index (χ0v) is 9.67. The van der Waals surface area contributed by atoms with Gasteiger partial charge in [-0.2, -0.15) is 0 Å². The van der Waals surface area contributed by atoms with Crippen LogP contribution in [-0.2, 0) is 10.9 Å². The molecule has 0 aromatic rings. The summed E-state index contributed by atoms with van der Waals surface area (Å²) in [6.45, 7) is 0. The third-order valence-electron chi connectivity index (χ3n) is 0. The Balaban J connectivity index is -0.0000000246. The van der Waals surface area contributed by atoms with Gasteiger partial charge in [-0.05, 0) is 10.9 Å². The fraction of sp³-hybridized carbons (Fsp3) is 1.00. The van der Waals surface area contributed by atoms with Crippen molar-refractivity contribution in [2.75, 3.05) is 47.0 Å². The van der Waals surface area contributed by atoms with E-state index < -0.39 is 0 Å². The molecule has 0 aromatic heterocycles. The summed E-state index contributed by atoms with van der Waals surface area (Å²) in [5.74, 6) is 0. The highest BCUT2D eigenvalue weighted by atomic mass is 32.2. The summed E-state index contributed by atoms with van der Waals surface area (Å²) in [5, 5.41) is 0. The molecule has 11 heavy (non-hydrogen) atoms.